The zero-order valence-electron chi connectivity index (χ0n) is 17.8. The average Bonchev–Trinajstić information content (AvgIpc) is 3.29. The normalized spacial score (nSPS) is 17.4. The van der Waals surface area contributed by atoms with Gasteiger partial charge in [0.2, 0.25) is 0 Å². The fourth-order valence-corrected chi connectivity index (χ4v) is 3.82. The molecule has 1 aliphatic carbocycles. The number of nitrogens with zero attached hydrogens (tertiary/aromatic N) is 3. The summed E-state index contributed by atoms with van der Waals surface area (Å²) in [4.78, 5) is 23.5. The number of hydrogen-bond acceptors (Lipinski definition) is 8. The maximum Gasteiger partial charge on any atom is 0.320 e. The lowest BCUT2D eigenvalue weighted by Gasteiger charge is -2.26. The van der Waals surface area contributed by atoms with Crippen LogP contribution in [0.25, 0.3) is 0 Å². The first-order valence-corrected chi connectivity index (χ1v) is 10.9. The number of hydrogen-bond donors (Lipinski definition) is 3. The Balaban J connectivity index is 1.30. The van der Waals surface area contributed by atoms with E-state index in [4.69, 9.17) is 31.1 Å². The van der Waals surface area contributed by atoms with Gasteiger partial charge in [-0.3, -0.25) is 9.59 Å². The maximum atomic E-state index is 12.4. The number of ether oxygens (including phenoxy) is 1. The van der Waals surface area contributed by atoms with E-state index in [9.17, 15) is 9.59 Å². The Morgan fingerprint density at radius 2 is 1.79 bits per heavy atom. The summed E-state index contributed by atoms with van der Waals surface area (Å²) < 4.78 is 11.3. The van der Waals surface area contributed by atoms with Crippen LogP contribution in [0.4, 0.5) is 17.4 Å². The molecule has 3 aromatic rings. The number of halogens is 1. The Morgan fingerprint density at radius 1 is 1.09 bits per heavy atom. The van der Waals surface area contributed by atoms with Gasteiger partial charge in [0.25, 0.3) is 0 Å². The predicted molar refractivity (Wildman–Crippen MR) is 122 cm³/mol. The minimum absolute atomic E-state index is 0.00714. The van der Waals surface area contributed by atoms with Crippen LogP contribution in [0.1, 0.15) is 41.9 Å². The Kier molecular flexibility index (Phi) is 6.94. The Morgan fingerprint density at radius 3 is 2.44 bits per heavy atom. The van der Waals surface area contributed by atoms with Crippen molar-refractivity contribution in [2.45, 2.75) is 31.8 Å². The van der Waals surface area contributed by atoms with Crippen molar-refractivity contribution in [1.82, 2.24) is 10.2 Å². The van der Waals surface area contributed by atoms with Gasteiger partial charge in [-0.05, 0) is 68.1 Å². The number of carboxylic acid groups (broad SMARTS) is 1. The molecule has 11 heteroatoms. The lowest BCUT2D eigenvalue weighted by Crippen LogP contribution is -2.27. The van der Waals surface area contributed by atoms with Gasteiger partial charge in [-0.1, -0.05) is 16.7 Å². The highest BCUT2D eigenvalue weighted by atomic mass is 35.5. The number of aromatic nitrogens is 2. The zero-order valence-corrected chi connectivity index (χ0v) is 18.6. The van der Waals surface area contributed by atoms with E-state index in [0.29, 0.717) is 48.4 Å². The molecule has 174 valence electrons. The molecule has 0 aliphatic heterocycles. The summed E-state index contributed by atoms with van der Waals surface area (Å²) in [6, 6.07) is 13.5. The third kappa shape index (κ3) is 5.63. The van der Waals surface area contributed by atoms with Crippen molar-refractivity contribution in [2.75, 3.05) is 10.6 Å². The second kappa shape index (κ2) is 10.2. The van der Waals surface area contributed by atoms with Gasteiger partial charge >= 0.3 is 23.8 Å². The smallest absolute Gasteiger partial charge is 0.320 e. The first-order valence-electron chi connectivity index (χ1n) is 10.5. The molecule has 34 heavy (non-hydrogen) atoms. The molecule has 10 nitrogen and oxygen atoms in total. The molecule has 1 aliphatic rings. The lowest BCUT2D eigenvalue weighted by atomic mass is 9.87. The minimum Gasteiger partial charge on any atom is -0.490 e. The van der Waals surface area contributed by atoms with Crippen LogP contribution in [0.2, 0.25) is 5.02 Å². The number of rotatable bonds is 7. The summed E-state index contributed by atoms with van der Waals surface area (Å²) in [5.41, 5.74) is 1.37. The van der Waals surface area contributed by atoms with Crippen molar-refractivity contribution in [1.29, 1.82) is 5.26 Å². The third-order valence-corrected chi connectivity index (χ3v) is 5.71. The van der Waals surface area contributed by atoms with Crippen LogP contribution in [0, 0.1) is 17.2 Å². The molecular weight excluding hydrogens is 462 g/mol. The van der Waals surface area contributed by atoms with Crippen molar-refractivity contribution in [2.24, 2.45) is 5.92 Å². The zero-order chi connectivity index (χ0) is 24.1. The van der Waals surface area contributed by atoms with E-state index in [2.05, 4.69) is 20.8 Å². The van der Waals surface area contributed by atoms with Gasteiger partial charge in [0.1, 0.15) is 11.8 Å². The molecule has 1 fully saturated rings. The summed E-state index contributed by atoms with van der Waals surface area (Å²) in [6.07, 6.45) is 2.57. The Bertz CT molecular complexity index is 1230. The number of carbonyl (C=O) groups is 2. The number of anilines is 3. The van der Waals surface area contributed by atoms with Gasteiger partial charge in [0, 0.05) is 11.4 Å². The highest BCUT2D eigenvalue weighted by Gasteiger charge is 2.27. The first-order chi connectivity index (χ1) is 16.4. The van der Waals surface area contributed by atoms with Crippen molar-refractivity contribution in [3.8, 4) is 11.8 Å². The van der Waals surface area contributed by atoms with Crippen molar-refractivity contribution in [3.63, 3.8) is 0 Å². The minimum atomic E-state index is -0.749. The molecule has 0 unspecified atom stereocenters. The van der Waals surface area contributed by atoms with Crippen LogP contribution in [-0.2, 0) is 4.79 Å². The van der Waals surface area contributed by atoms with Gasteiger partial charge in [-0.15, -0.1) is 5.10 Å². The fraction of sp³-hybridized carbons (Fsp3) is 0.261. The summed E-state index contributed by atoms with van der Waals surface area (Å²) in [7, 11) is 0. The number of carboxylic acids is 1. The molecule has 3 N–H and O–H groups in total. The molecule has 1 heterocycles. The molecule has 0 atom stereocenters. The molecule has 1 saturated carbocycles. The van der Waals surface area contributed by atoms with Crippen molar-refractivity contribution < 1.29 is 23.8 Å². The highest BCUT2D eigenvalue weighted by molar-refractivity contribution is 6.32. The number of nitriles is 1. The van der Waals surface area contributed by atoms with Crippen LogP contribution in [0.15, 0.2) is 46.9 Å². The second-order valence-electron chi connectivity index (χ2n) is 7.75. The molecule has 2 aromatic carbocycles. The molecule has 1 amide bonds. The molecule has 0 radical (unpaired) electrons. The van der Waals surface area contributed by atoms with Crippen LogP contribution in [0.5, 0.6) is 5.75 Å². The van der Waals surface area contributed by atoms with Crippen LogP contribution in [-0.4, -0.2) is 33.3 Å². The Labute approximate surface area is 199 Å². The highest BCUT2D eigenvalue weighted by Crippen LogP contribution is 2.28. The maximum absolute atomic E-state index is 12.4. The van der Waals surface area contributed by atoms with E-state index in [-0.39, 0.29) is 28.9 Å². The second-order valence-corrected chi connectivity index (χ2v) is 8.16. The molecule has 1 aromatic heterocycles. The quantitative estimate of drug-likeness (QED) is 0.439. The van der Waals surface area contributed by atoms with Crippen molar-refractivity contribution in [3.05, 3.63) is 58.9 Å². The van der Waals surface area contributed by atoms with Gasteiger partial charge in [0.15, 0.2) is 0 Å². The molecule has 0 spiro atoms. The number of benzene rings is 2. The summed E-state index contributed by atoms with van der Waals surface area (Å²) in [6.45, 7) is 0. The molecular formula is C23H20ClN5O5. The van der Waals surface area contributed by atoms with E-state index in [1.165, 1.54) is 6.07 Å². The average molecular weight is 482 g/mol. The van der Waals surface area contributed by atoms with Gasteiger partial charge in [-0.25, -0.2) is 0 Å². The van der Waals surface area contributed by atoms with Gasteiger partial charge < -0.3 is 24.9 Å². The number of nitrogens with one attached hydrogen (secondary N) is 2. The summed E-state index contributed by atoms with van der Waals surface area (Å²) >= 11 is 6.00. The summed E-state index contributed by atoms with van der Waals surface area (Å²) in [5, 5.41) is 31.3. The van der Waals surface area contributed by atoms with Gasteiger partial charge in [-0.2, -0.15) is 5.26 Å². The number of carbonyl (C=O) groups excluding carboxylic acids is 1. The monoisotopic (exact) mass is 481 g/mol. The lowest BCUT2D eigenvalue weighted by molar-refractivity contribution is -0.143. The van der Waals surface area contributed by atoms with E-state index in [1.54, 1.807) is 36.4 Å². The van der Waals surface area contributed by atoms with E-state index < -0.39 is 11.9 Å². The predicted octanol–water partition coefficient (Wildman–Crippen LogP) is 4.61. The molecule has 0 bridgehead atoms. The Hall–Kier alpha value is -4.10. The SMILES string of the molecule is N#Cc1ccc(Nc2nnc(C(=O)Nc3ccc(O[C@H]4CC[C@@H](C(=O)O)CC4)cc3)o2)cc1Cl. The number of amides is 1. The van der Waals surface area contributed by atoms with Crippen molar-refractivity contribution >= 4 is 40.9 Å². The first kappa shape index (κ1) is 23.1. The van der Waals surface area contributed by atoms with Gasteiger partial charge in [0.05, 0.1) is 22.6 Å². The molecule has 4 rings (SSSR count). The van der Waals surface area contributed by atoms with Crippen LogP contribution < -0.4 is 15.4 Å². The largest absolute Gasteiger partial charge is 0.490 e. The molecule has 0 saturated heterocycles. The van der Waals surface area contributed by atoms with E-state index >= 15 is 0 Å². The van der Waals surface area contributed by atoms with Crippen LogP contribution in [0.3, 0.4) is 0 Å². The van der Waals surface area contributed by atoms with E-state index in [1.807, 2.05) is 6.07 Å². The van der Waals surface area contributed by atoms with E-state index in [0.717, 1.165) is 0 Å². The number of aliphatic carboxylic acids is 1. The fourth-order valence-electron chi connectivity index (χ4n) is 3.59. The van der Waals surface area contributed by atoms with Crippen LogP contribution >= 0.6 is 11.6 Å². The topological polar surface area (TPSA) is 150 Å². The third-order valence-electron chi connectivity index (χ3n) is 5.40. The standard InChI is InChI=1S/C23H20ClN5O5/c24-19-11-16(4-1-14(19)12-25)27-23-29-28-21(34-23)20(30)26-15-5-9-18(10-6-15)33-17-7-2-13(3-8-17)22(31)32/h1,4-6,9-11,13,17H,2-3,7-8H2,(H,26,30)(H,27,29)(H,31,32)/t13-,17+. The summed E-state index contributed by atoms with van der Waals surface area (Å²) in [5.74, 6) is -1.22.